The van der Waals surface area contributed by atoms with Gasteiger partial charge >= 0.3 is 7.12 Å². The molecule has 0 fully saturated rings. The number of hydrogen-bond donors (Lipinski definition) is 2. The van der Waals surface area contributed by atoms with E-state index in [2.05, 4.69) is 9.97 Å². The van der Waals surface area contributed by atoms with Crippen molar-refractivity contribution in [1.82, 2.24) is 9.97 Å². The van der Waals surface area contributed by atoms with E-state index in [-0.39, 0.29) is 6.10 Å². The molecule has 2 aromatic rings. The molecule has 0 amide bonds. The average Bonchev–Trinajstić information content (AvgIpc) is 2.40. The van der Waals surface area contributed by atoms with Gasteiger partial charge < -0.3 is 14.8 Å². The lowest BCUT2D eigenvalue weighted by atomic mass is 9.81. The van der Waals surface area contributed by atoms with Gasteiger partial charge in [0.05, 0.1) is 5.69 Å². The lowest BCUT2D eigenvalue weighted by Gasteiger charge is -2.13. The summed E-state index contributed by atoms with van der Waals surface area (Å²) in [6, 6.07) is 8.57. The lowest BCUT2D eigenvalue weighted by Crippen LogP contribution is -2.29. The molecule has 5 nitrogen and oxygen atoms in total. The van der Waals surface area contributed by atoms with Gasteiger partial charge in [0.1, 0.15) is 6.10 Å². The van der Waals surface area contributed by atoms with Gasteiger partial charge in [-0.3, -0.25) is 4.98 Å². The Labute approximate surface area is 105 Å². The maximum absolute atomic E-state index is 9.06. The van der Waals surface area contributed by atoms with Crippen LogP contribution in [0.25, 0.3) is 0 Å². The summed E-state index contributed by atoms with van der Waals surface area (Å²) < 4.78 is 5.60. The first-order valence-electron chi connectivity index (χ1n) is 5.56. The minimum absolute atomic E-state index is 0.259. The van der Waals surface area contributed by atoms with Gasteiger partial charge in [-0.15, -0.1) is 0 Å². The summed E-state index contributed by atoms with van der Waals surface area (Å²) in [5.74, 6) is 0.332. The summed E-state index contributed by atoms with van der Waals surface area (Å²) in [5.41, 5.74) is 1.13. The van der Waals surface area contributed by atoms with Crippen molar-refractivity contribution in [2.45, 2.75) is 13.0 Å². The molecule has 0 aliphatic rings. The van der Waals surface area contributed by atoms with Gasteiger partial charge in [-0.2, -0.15) is 0 Å². The molecule has 1 unspecified atom stereocenters. The Hall–Kier alpha value is -1.92. The van der Waals surface area contributed by atoms with Crippen LogP contribution in [0.5, 0.6) is 5.88 Å². The number of ether oxygens (including phenoxy) is 1. The smallest absolute Gasteiger partial charge is 0.468 e. The van der Waals surface area contributed by atoms with Crippen LogP contribution in [0.3, 0.4) is 0 Å². The SMILES string of the molecule is CC(Oc1cc(B(O)O)ccn1)c1ccccn1. The fourth-order valence-corrected chi connectivity index (χ4v) is 1.51. The van der Waals surface area contributed by atoms with Crippen LogP contribution < -0.4 is 10.2 Å². The van der Waals surface area contributed by atoms with E-state index in [4.69, 9.17) is 14.8 Å². The van der Waals surface area contributed by atoms with E-state index >= 15 is 0 Å². The number of rotatable bonds is 4. The Bertz CT molecular complexity index is 508. The van der Waals surface area contributed by atoms with Crippen molar-refractivity contribution in [3.63, 3.8) is 0 Å². The highest BCUT2D eigenvalue weighted by Crippen LogP contribution is 2.16. The third kappa shape index (κ3) is 3.06. The first kappa shape index (κ1) is 12.5. The van der Waals surface area contributed by atoms with Crippen LogP contribution in [0, 0.1) is 0 Å². The molecule has 0 aliphatic carbocycles. The van der Waals surface area contributed by atoms with Gasteiger partial charge in [-0.1, -0.05) is 6.07 Å². The van der Waals surface area contributed by atoms with E-state index < -0.39 is 7.12 Å². The Balaban J connectivity index is 2.12. The summed E-state index contributed by atoms with van der Waals surface area (Å²) in [6.45, 7) is 1.85. The minimum atomic E-state index is -1.53. The molecule has 0 radical (unpaired) electrons. The summed E-state index contributed by atoms with van der Waals surface area (Å²) in [5, 5.41) is 18.1. The Morgan fingerprint density at radius 2 is 2.00 bits per heavy atom. The van der Waals surface area contributed by atoms with Crippen LogP contribution >= 0.6 is 0 Å². The van der Waals surface area contributed by atoms with E-state index in [1.807, 2.05) is 25.1 Å². The second-order valence-corrected chi connectivity index (χ2v) is 3.82. The Morgan fingerprint density at radius 1 is 1.17 bits per heavy atom. The van der Waals surface area contributed by atoms with Crippen molar-refractivity contribution < 1.29 is 14.8 Å². The number of nitrogens with zero attached hydrogens (tertiary/aromatic N) is 2. The maximum Gasteiger partial charge on any atom is 0.488 e. The van der Waals surface area contributed by atoms with Gasteiger partial charge in [0.25, 0.3) is 0 Å². The predicted octanol–water partition coefficient (Wildman–Crippen LogP) is 0.296. The molecule has 0 aliphatic heterocycles. The Morgan fingerprint density at radius 3 is 2.67 bits per heavy atom. The summed E-state index contributed by atoms with van der Waals surface area (Å²) in [6.07, 6.45) is 2.90. The van der Waals surface area contributed by atoms with Crippen molar-refractivity contribution in [2.75, 3.05) is 0 Å². The zero-order valence-corrected chi connectivity index (χ0v) is 9.89. The third-order valence-electron chi connectivity index (χ3n) is 2.46. The number of pyridine rings is 2. The predicted molar refractivity (Wildman–Crippen MR) is 67.3 cm³/mol. The van der Waals surface area contributed by atoms with Gasteiger partial charge in [0.15, 0.2) is 0 Å². The zero-order chi connectivity index (χ0) is 13.0. The average molecular weight is 244 g/mol. The highest BCUT2D eigenvalue weighted by atomic mass is 16.5. The minimum Gasteiger partial charge on any atom is -0.468 e. The maximum atomic E-state index is 9.06. The summed E-state index contributed by atoms with van der Waals surface area (Å²) in [4.78, 5) is 8.20. The third-order valence-corrected chi connectivity index (χ3v) is 2.46. The monoisotopic (exact) mass is 244 g/mol. The highest BCUT2D eigenvalue weighted by molar-refractivity contribution is 6.58. The second kappa shape index (κ2) is 5.62. The molecule has 0 saturated carbocycles. The molecule has 18 heavy (non-hydrogen) atoms. The lowest BCUT2D eigenvalue weighted by molar-refractivity contribution is 0.213. The van der Waals surface area contributed by atoms with Gasteiger partial charge in [-0.25, -0.2) is 4.98 Å². The van der Waals surface area contributed by atoms with E-state index in [9.17, 15) is 0 Å². The standard InChI is InChI=1S/C12H13BN2O3/c1-9(11-4-2-3-6-14-11)18-12-8-10(13(16)17)5-7-15-12/h2-9,16-17H,1H3. The van der Waals surface area contributed by atoms with Crippen LogP contribution in [-0.4, -0.2) is 27.1 Å². The van der Waals surface area contributed by atoms with Crippen molar-refractivity contribution in [1.29, 1.82) is 0 Å². The van der Waals surface area contributed by atoms with Crippen molar-refractivity contribution in [2.24, 2.45) is 0 Å². The van der Waals surface area contributed by atoms with E-state index in [1.165, 1.54) is 18.3 Å². The largest absolute Gasteiger partial charge is 0.488 e. The van der Waals surface area contributed by atoms with E-state index in [0.29, 0.717) is 11.3 Å². The van der Waals surface area contributed by atoms with Crippen LogP contribution in [0.1, 0.15) is 18.7 Å². The van der Waals surface area contributed by atoms with E-state index in [0.717, 1.165) is 5.69 Å². The molecule has 2 aromatic heterocycles. The molecule has 2 heterocycles. The molecule has 6 heteroatoms. The molecule has 2 N–H and O–H groups in total. The first-order valence-corrected chi connectivity index (χ1v) is 5.56. The fraction of sp³-hybridized carbons (Fsp3) is 0.167. The quantitative estimate of drug-likeness (QED) is 0.756. The molecule has 0 saturated heterocycles. The second-order valence-electron chi connectivity index (χ2n) is 3.82. The van der Waals surface area contributed by atoms with Crippen molar-refractivity contribution in [3.8, 4) is 5.88 Å². The topological polar surface area (TPSA) is 75.5 Å². The van der Waals surface area contributed by atoms with Crippen LogP contribution in [0.2, 0.25) is 0 Å². The summed E-state index contributed by atoms with van der Waals surface area (Å²) >= 11 is 0. The number of aromatic nitrogens is 2. The molecular weight excluding hydrogens is 231 g/mol. The van der Waals surface area contributed by atoms with Crippen LogP contribution in [0.15, 0.2) is 42.7 Å². The molecule has 92 valence electrons. The number of hydrogen-bond acceptors (Lipinski definition) is 5. The van der Waals surface area contributed by atoms with Gasteiger partial charge in [-0.05, 0) is 30.6 Å². The summed E-state index contributed by atoms with van der Waals surface area (Å²) in [7, 11) is -1.53. The van der Waals surface area contributed by atoms with E-state index in [1.54, 1.807) is 6.20 Å². The zero-order valence-electron chi connectivity index (χ0n) is 9.89. The van der Waals surface area contributed by atoms with Crippen molar-refractivity contribution >= 4 is 12.6 Å². The molecule has 2 rings (SSSR count). The van der Waals surface area contributed by atoms with Gasteiger partial charge in [0, 0.05) is 18.5 Å². The first-order chi connectivity index (χ1) is 8.66. The molecule has 0 bridgehead atoms. The Kier molecular flexibility index (Phi) is 3.91. The normalized spacial score (nSPS) is 11.9. The van der Waals surface area contributed by atoms with Crippen LogP contribution in [-0.2, 0) is 0 Å². The highest BCUT2D eigenvalue weighted by Gasteiger charge is 2.14. The molecular formula is C12H13BN2O3. The fourth-order valence-electron chi connectivity index (χ4n) is 1.51. The van der Waals surface area contributed by atoms with Crippen LogP contribution in [0.4, 0.5) is 0 Å². The molecule has 0 aromatic carbocycles. The van der Waals surface area contributed by atoms with Crippen molar-refractivity contribution in [3.05, 3.63) is 48.4 Å². The molecule has 1 atom stereocenters. The molecule has 0 spiro atoms. The van der Waals surface area contributed by atoms with Gasteiger partial charge in [0.2, 0.25) is 5.88 Å².